The predicted octanol–water partition coefficient (Wildman–Crippen LogP) is 2.66. The highest BCUT2D eigenvalue weighted by Crippen LogP contribution is 2.19. The van der Waals surface area contributed by atoms with Gasteiger partial charge >= 0.3 is 11.9 Å². The van der Waals surface area contributed by atoms with Crippen molar-refractivity contribution < 1.29 is 19.8 Å². The molecule has 0 aliphatic heterocycles. The first-order chi connectivity index (χ1) is 7.43. The van der Waals surface area contributed by atoms with Gasteiger partial charge in [-0.3, -0.25) is 0 Å². The Balaban J connectivity index is 4.85. The zero-order valence-corrected chi connectivity index (χ0v) is 10.3. The van der Waals surface area contributed by atoms with Gasteiger partial charge in [-0.25, -0.2) is 9.59 Å². The highest BCUT2D eigenvalue weighted by atomic mass is 35.5. The minimum atomic E-state index is -1.17. The average molecular weight is 249 g/mol. The molecule has 1 atom stereocenters. The topological polar surface area (TPSA) is 74.6 Å². The molecule has 0 aromatic heterocycles. The Morgan fingerprint density at radius 1 is 1.12 bits per heavy atom. The molecule has 0 saturated heterocycles. The monoisotopic (exact) mass is 248 g/mol. The van der Waals surface area contributed by atoms with Gasteiger partial charge < -0.3 is 10.2 Å². The summed E-state index contributed by atoms with van der Waals surface area (Å²) in [7, 11) is 0. The van der Waals surface area contributed by atoms with Gasteiger partial charge in [0.05, 0.1) is 0 Å². The van der Waals surface area contributed by atoms with Crippen LogP contribution in [-0.2, 0) is 9.59 Å². The number of carboxylic acid groups (broad SMARTS) is 2. The summed E-state index contributed by atoms with van der Waals surface area (Å²) < 4.78 is 0. The van der Waals surface area contributed by atoms with E-state index >= 15 is 0 Å². The molecule has 0 radical (unpaired) electrons. The van der Waals surface area contributed by atoms with Crippen molar-refractivity contribution in [3.63, 3.8) is 0 Å². The summed E-state index contributed by atoms with van der Waals surface area (Å²) in [6, 6.07) is 0. The lowest BCUT2D eigenvalue weighted by Crippen LogP contribution is -2.12. The van der Waals surface area contributed by atoms with Crippen molar-refractivity contribution in [3.05, 3.63) is 11.1 Å². The van der Waals surface area contributed by atoms with E-state index in [1.54, 1.807) is 6.92 Å². The Bertz CT molecular complexity index is 296. The van der Waals surface area contributed by atoms with E-state index in [2.05, 4.69) is 0 Å². The Kier molecular flexibility index (Phi) is 6.81. The van der Waals surface area contributed by atoms with Crippen molar-refractivity contribution in [1.82, 2.24) is 0 Å². The van der Waals surface area contributed by atoms with Gasteiger partial charge in [0.15, 0.2) is 0 Å². The van der Waals surface area contributed by atoms with E-state index in [4.69, 9.17) is 21.8 Å². The maximum absolute atomic E-state index is 10.9. The fraction of sp³-hybridized carbons (Fsp3) is 0.636. The molecule has 0 amide bonds. The summed E-state index contributed by atoms with van der Waals surface area (Å²) in [5.41, 5.74) is -0.0680. The third-order valence-electron chi connectivity index (χ3n) is 2.38. The van der Waals surface area contributed by atoms with Crippen LogP contribution >= 0.6 is 11.6 Å². The quantitative estimate of drug-likeness (QED) is 0.537. The van der Waals surface area contributed by atoms with Gasteiger partial charge in [-0.05, 0) is 25.7 Å². The molecule has 16 heavy (non-hydrogen) atoms. The molecular weight excluding hydrogens is 232 g/mol. The molecule has 2 N–H and O–H groups in total. The van der Waals surface area contributed by atoms with Crippen LogP contribution in [0.2, 0.25) is 0 Å². The molecule has 0 heterocycles. The van der Waals surface area contributed by atoms with Gasteiger partial charge in [-0.1, -0.05) is 13.8 Å². The number of halogens is 1. The molecule has 0 bridgehead atoms. The second kappa shape index (κ2) is 7.28. The minimum absolute atomic E-state index is 0.0332. The normalized spacial score (nSPS) is 14.2. The number of hydrogen-bond donors (Lipinski definition) is 2. The lowest BCUT2D eigenvalue weighted by Gasteiger charge is -2.09. The summed E-state index contributed by atoms with van der Waals surface area (Å²) in [4.78, 5) is 21.8. The van der Waals surface area contributed by atoms with Crippen molar-refractivity contribution >= 4 is 23.5 Å². The second-order valence-corrected chi connectivity index (χ2v) is 4.08. The van der Waals surface area contributed by atoms with Gasteiger partial charge in [0, 0.05) is 16.5 Å². The first-order valence-corrected chi connectivity index (χ1v) is 5.70. The number of rotatable bonds is 7. The van der Waals surface area contributed by atoms with Crippen LogP contribution in [-0.4, -0.2) is 27.5 Å². The molecule has 1 unspecified atom stereocenters. The van der Waals surface area contributed by atoms with Crippen LogP contribution in [0.3, 0.4) is 0 Å². The smallest absolute Gasteiger partial charge is 0.332 e. The summed E-state index contributed by atoms with van der Waals surface area (Å²) in [6.45, 7) is 3.53. The number of carbonyl (C=O) groups is 2. The molecule has 0 aromatic rings. The van der Waals surface area contributed by atoms with E-state index < -0.39 is 11.9 Å². The van der Waals surface area contributed by atoms with Crippen LogP contribution in [0.15, 0.2) is 11.1 Å². The number of alkyl halides is 1. The molecule has 0 saturated carbocycles. The highest BCUT2D eigenvalue weighted by molar-refractivity contribution is 6.20. The van der Waals surface area contributed by atoms with Gasteiger partial charge in [-0.15, -0.1) is 11.6 Å². The SMILES string of the molecule is CCC(C(=O)O)=C(CCC(Cl)CC)C(=O)O. The molecule has 4 nitrogen and oxygen atoms in total. The van der Waals surface area contributed by atoms with Crippen LogP contribution < -0.4 is 0 Å². The molecular formula is C11H17ClO4. The Morgan fingerprint density at radius 2 is 1.62 bits per heavy atom. The molecule has 0 spiro atoms. The zero-order chi connectivity index (χ0) is 12.7. The molecule has 0 fully saturated rings. The van der Waals surface area contributed by atoms with Crippen molar-refractivity contribution in [2.24, 2.45) is 0 Å². The largest absolute Gasteiger partial charge is 0.478 e. The number of hydrogen-bond acceptors (Lipinski definition) is 2. The number of aliphatic carboxylic acids is 2. The first kappa shape index (κ1) is 15.0. The van der Waals surface area contributed by atoms with Crippen molar-refractivity contribution in [3.8, 4) is 0 Å². The van der Waals surface area contributed by atoms with E-state index in [0.717, 1.165) is 6.42 Å². The predicted molar refractivity (Wildman–Crippen MR) is 61.8 cm³/mol. The van der Waals surface area contributed by atoms with Crippen LogP contribution in [0, 0.1) is 0 Å². The van der Waals surface area contributed by atoms with Gasteiger partial charge in [0.25, 0.3) is 0 Å². The van der Waals surface area contributed by atoms with Crippen molar-refractivity contribution in [2.75, 3.05) is 0 Å². The van der Waals surface area contributed by atoms with Crippen molar-refractivity contribution in [1.29, 1.82) is 0 Å². The third-order valence-corrected chi connectivity index (χ3v) is 2.91. The standard InChI is InChI=1S/C11H17ClO4/c1-3-7(12)5-6-9(11(15)16)8(4-2)10(13)14/h7H,3-6H2,1-2H3,(H,13,14)(H,15,16). The van der Waals surface area contributed by atoms with E-state index in [1.807, 2.05) is 6.92 Å². The van der Waals surface area contributed by atoms with E-state index in [0.29, 0.717) is 6.42 Å². The van der Waals surface area contributed by atoms with Crippen LogP contribution in [0.4, 0.5) is 0 Å². The third kappa shape index (κ3) is 4.66. The van der Waals surface area contributed by atoms with Gasteiger partial charge in [0.2, 0.25) is 0 Å². The Morgan fingerprint density at radius 3 is 1.94 bits per heavy atom. The molecule has 0 aliphatic carbocycles. The van der Waals surface area contributed by atoms with E-state index in [9.17, 15) is 9.59 Å². The Hall–Kier alpha value is -1.03. The van der Waals surface area contributed by atoms with Gasteiger partial charge in [-0.2, -0.15) is 0 Å². The van der Waals surface area contributed by atoms with E-state index in [-0.39, 0.29) is 29.4 Å². The molecule has 0 aromatic carbocycles. The second-order valence-electron chi connectivity index (χ2n) is 3.47. The fourth-order valence-electron chi connectivity index (χ4n) is 1.39. The van der Waals surface area contributed by atoms with Crippen LogP contribution in [0.25, 0.3) is 0 Å². The highest BCUT2D eigenvalue weighted by Gasteiger charge is 2.19. The lowest BCUT2D eigenvalue weighted by molar-refractivity contribution is -0.136. The maximum Gasteiger partial charge on any atom is 0.332 e. The summed E-state index contributed by atoms with van der Waals surface area (Å²) in [6.07, 6.45) is 1.63. The molecule has 92 valence electrons. The molecule has 0 aliphatic rings. The maximum atomic E-state index is 10.9. The van der Waals surface area contributed by atoms with Crippen LogP contribution in [0.5, 0.6) is 0 Å². The molecule has 5 heteroatoms. The number of carboxylic acids is 2. The van der Waals surface area contributed by atoms with E-state index in [1.165, 1.54) is 0 Å². The zero-order valence-electron chi connectivity index (χ0n) is 9.49. The average Bonchev–Trinajstić information content (AvgIpc) is 2.22. The van der Waals surface area contributed by atoms with Crippen molar-refractivity contribution in [2.45, 2.75) is 44.9 Å². The van der Waals surface area contributed by atoms with Crippen LogP contribution in [0.1, 0.15) is 39.5 Å². The minimum Gasteiger partial charge on any atom is -0.478 e. The summed E-state index contributed by atoms with van der Waals surface area (Å²) in [5, 5.41) is 17.7. The lowest BCUT2D eigenvalue weighted by atomic mass is 10.00. The first-order valence-electron chi connectivity index (χ1n) is 5.26. The summed E-state index contributed by atoms with van der Waals surface area (Å²) >= 11 is 5.88. The fourth-order valence-corrected chi connectivity index (χ4v) is 1.49. The Labute approximate surface area is 99.9 Å². The van der Waals surface area contributed by atoms with Gasteiger partial charge in [0.1, 0.15) is 0 Å². The summed E-state index contributed by atoms with van der Waals surface area (Å²) in [5.74, 6) is -2.33. The molecule has 0 rings (SSSR count).